The molecule has 82 valence electrons. The van der Waals surface area contributed by atoms with E-state index in [1.54, 1.807) is 0 Å². The average molecular weight is 196 g/mol. The molecule has 0 aromatic carbocycles. The van der Waals surface area contributed by atoms with Gasteiger partial charge in [-0.3, -0.25) is 0 Å². The Hall–Kier alpha value is -0.0800. The largest absolute Gasteiger partial charge is 0.311 e. The van der Waals surface area contributed by atoms with Crippen molar-refractivity contribution in [2.24, 2.45) is 0 Å². The summed E-state index contributed by atoms with van der Waals surface area (Å²) < 4.78 is 0. The van der Waals surface area contributed by atoms with Crippen LogP contribution in [0.25, 0.3) is 0 Å². The fourth-order valence-corrected chi connectivity index (χ4v) is 2.45. The van der Waals surface area contributed by atoms with Crippen LogP contribution in [-0.4, -0.2) is 36.6 Å². The zero-order valence-corrected chi connectivity index (χ0v) is 9.47. The molecule has 1 aliphatic carbocycles. The van der Waals surface area contributed by atoms with Gasteiger partial charge in [0.15, 0.2) is 0 Å². The molecule has 2 rings (SSSR count). The summed E-state index contributed by atoms with van der Waals surface area (Å²) in [4.78, 5) is 2.63. The minimum atomic E-state index is 0.823. The van der Waals surface area contributed by atoms with Crippen molar-refractivity contribution in [1.82, 2.24) is 10.2 Å². The first-order chi connectivity index (χ1) is 6.88. The lowest BCUT2D eigenvalue weighted by atomic mass is 10.1. The molecule has 0 bridgehead atoms. The fourth-order valence-electron chi connectivity index (χ4n) is 2.45. The molecule has 2 fully saturated rings. The van der Waals surface area contributed by atoms with E-state index in [1.807, 2.05) is 0 Å². The van der Waals surface area contributed by atoms with Gasteiger partial charge < -0.3 is 10.2 Å². The van der Waals surface area contributed by atoms with Crippen molar-refractivity contribution < 1.29 is 0 Å². The fraction of sp³-hybridized carbons (Fsp3) is 1.00. The molecule has 14 heavy (non-hydrogen) atoms. The van der Waals surface area contributed by atoms with Gasteiger partial charge in [0.1, 0.15) is 0 Å². The van der Waals surface area contributed by atoms with E-state index >= 15 is 0 Å². The lowest BCUT2D eigenvalue weighted by molar-refractivity contribution is 0.282. The zero-order valence-electron chi connectivity index (χ0n) is 9.47. The molecule has 0 aromatic rings. The van der Waals surface area contributed by atoms with Crippen LogP contribution in [0.15, 0.2) is 0 Å². The first-order valence-corrected chi connectivity index (χ1v) is 6.37. The van der Waals surface area contributed by atoms with E-state index in [0.717, 1.165) is 12.1 Å². The van der Waals surface area contributed by atoms with Crippen molar-refractivity contribution in [3.05, 3.63) is 0 Å². The SMILES string of the molecule is CCCN1CCCC(NC2CC2)CC1. The third-order valence-corrected chi connectivity index (χ3v) is 3.41. The van der Waals surface area contributed by atoms with Crippen molar-refractivity contribution in [1.29, 1.82) is 0 Å². The molecule has 2 heteroatoms. The number of rotatable bonds is 4. The minimum absolute atomic E-state index is 0.823. The van der Waals surface area contributed by atoms with E-state index in [4.69, 9.17) is 0 Å². The van der Waals surface area contributed by atoms with Crippen LogP contribution in [0, 0.1) is 0 Å². The molecule has 1 heterocycles. The van der Waals surface area contributed by atoms with Crippen LogP contribution in [-0.2, 0) is 0 Å². The normalized spacial score (nSPS) is 30.2. The molecule has 1 saturated heterocycles. The van der Waals surface area contributed by atoms with Gasteiger partial charge in [0, 0.05) is 12.1 Å². The number of hydrogen-bond donors (Lipinski definition) is 1. The highest BCUT2D eigenvalue weighted by molar-refractivity contribution is 4.86. The quantitative estimate of drug-likeness (QED) is 0.740. The van der Waals surface area contributed by atoms with E-state index < -0.39 is 0 Å². The lowest BCUT2D eigenvalue weighted by Crippen LogP contribution is -2.32. The Morgan fingerprint density at radius 3 is 2.57 bits per heavy atom. The summed E-state index contributed by atoms with van der Waals surface area (Å²) in [6.45, 7) is 6.23. The standard InChI is InChI=1S/C12H24N2/c1-2-8-14-9-3-4-11(7-10-14)13-12-5-6-12/h11-13H,2-10H2,1H3. The summed E-state index contributed by atoms with van der Waals surface area (Å²) in [5.74, 6) is 0. The van der Waals surface area contributed by atoms with Crippen LogP contribution < -0.4 is 5.32 Å². The zero-order chi connectivity index (χ0) is 9.80. The van der Waals surface area contributed by atoms with E-state index in [1.165, 1.54) is 58.2 Å². The Balaban J connectivity index is 1.69. The smallest absolute Gasteiger partial charge is 0.00823 e. The second-order valence-electron chi connectivity index (χ2n) is 4.91. The highest BCUT2D eigenvalue weighted by Gasteiger charge is 2.25. The highest BCUT2D eigenvalue weighted by atomic mass is 15.1. The van der Waals surface area contributed by atoms with E-state index in [-0.39, 0.29) is 0 Å². The first kappa shape index (κ1) is 10.4. The molecule has 1 N–H and O–H groups in total. The molecule has 0 radical (unpaired) electrons. The predicted molar refractivity (Wildman–Crippen MR) is 60.5 cm³/mol. The van der Waals surface area contributed by atoms with Gasteiger partial charge >= 0.3 is 0 Å². The molecule has 0 aromatic heterocycles. The van der Waals surface area contributed by atoms with E-state index in [2.05, 4.69) is 17.1 Å². The monoisotopic (exact) mass is 196 g/mol. The molecule has 0 spiro atoms. The van der Waals surface area contributed by atoms with Crippen LogP contribution in [0.4, 0.5) is 0 Å². The second kappa shape index (κ2) is 5.13. The Morgan fingerprint density at radius 1 is 1.07 bits per heavy atom. The van der Waals surface area contributed by atoms with Crippen LogP contribution in [0.3, 0.4) is 0 Å². The Bertz CT molecular complexity index is 166. The third kappa shape index (κ3) is 3.25. The van der Waals surface area contributed by atoms with Crippen LogP contribution in [0.1, 0.15) is 45.4 Å². The van der Waals surface area contributed by atoms with Gasteiger partial charge in [-0.1, -0.05) is 6.92 Å². The average Bonchev–Trinajstić information content (AvgIpc) is 2.97. The maximum absolute atomic E-state index is 3.77. The van der Waals surface area contributed by atoms with Gasteiger partial charge in [-0.25, -0.2) is 0 Å². The van der Waals surface area contributed by atoms with Crippen molar-refractivity contribution in [3.8, 4) is 0 Å². The third-order valence-electron chi connectivity index (χ3n) is 3.41. The number of likely N-dealkylation sites (tertiary alicyclic amines) is 1. The number of nitrogens with zero attached hydrogens (tertiary/aromatic N) is 1. The molecule has 2 nitrogen and oxygen atoms in total. The molecule has 2 aliphatic rings. The van der Waals surface area contributed by atoms with Gasteiger partial charge in [-0.15, -0.1) is 0 Å². The molecule has 1 aliphatic heterocycles. The molecule has 1 saturated carbocycles. The summed E-state index contributed by atoms with van der Waals surface area (Å²) in [7, 11) is 0. The molecule has 1 atom stereocenters. The molecular weight excluding hydrogens is 172 g/mol. The van der Waals surface area contributed by atoms with Crippen LogP contribution in [0.2, 0.25) is 0 Å². The molecule has 1 unspecified atom stereocenters. The Kier molecular flexibility index (Phi) is 3.82. The minimum Gasteiger partial charge on any atom is -0.311 e. The molecular formula is C12H24N2. The van der Waals surface area contributed by atoms with Crippen molar-refractivity contribution in [2.75, 3.05) is 19.6 Å². The Labute approximate surface area is 88.1 Å². The summed E-state index contributed by atoms with van der Waals surface area (Å²) in [5, 5.41) is 3.77. The summed E-state index contributed by atoms with van der Waals surface area (Å²) in [6.07, 6.45) is 8.32. The van der Waals surface area contributed by atoms with Gasteiger partial charge in [0.05, 0.1) is 0 Å². The molecule has 0 amide bonds. The van der Waals surface area contributed by atoms with Gasteiger partial charge in [0.25, 0.3) is 0 Å². The van der Waals surface area contributed by atoms with Gasteiger partial charge in [-0.05, 0) is 58.2 Å². The highest BCUT2D eigenvalue weighted by Crippen LogP contribution is 2.22. The summed E-state index contributed by atoms with van der Waals surface area (Å²) >= 11 is 0. The van der Waals surface area contributed by atoms with E-state index in [9.17, 15) is 0 Å². The first-order valence-electron chi connectivity index (χ1n) is 6.37. The topological polar surface area (TPSA) is 15.3 Å². The second-order valence-corrected chi connectivity index (χ2v) is 4.91. The maximum Gasteiger partial charge on any atom is 0.00823 e. The Morgan fingerprint density at radius 2 is 1.86 bits per heavy atom. The summed E-state index contributed by atoms with van der Waals surface area (Å²) in [6, 6.07) is 1.71. The van der Waals surface area contributed by atoms with Crippen molar-refractivity contribution >= 4 is 0 Å². The number of hydrogen-bond acceptors (Lipinski definition) is 2. The number of nitrogens with one attached hydrogen (secondary N) is 1. The predicted octanol–water partition coefficient (Wildman–Crippen LogP) is 2.00. The van der Waals surface area contributed by atoms with Crippen molar-refractivity contribution in [2.45, 2.75) is 57.5 Å². The van der Waals surface area contributed by atoms with Crippen molar-refractivity contribution in [3.63, 3.8) is 0 Å². The van der Waals surface area contributed by atoms with Gasteiger partial charge in [-0.2, -0.15) is 0 Å². The van der Waals surface area contributed by atoms with Gasteiger partial charge in [0.2, 0.25) is 0 Å². The van der Waals surface area contributed by atoms with E-state index in [0.29, 0.717) is 0 Å². The maximum atomic E-state index is 3.77. The van der Waals surface area contributed by atoms with Crippen LogP contribution in [0.5, 0.6) is 0 Å². The lowest BCUT2D eigenvalue weighted by Gasteiger charge is -2.19. The summed E-state index contributed by atoms with van der Waals surface area (Å²) in [5.41, 5.74) is 0. The van der Waals surface area contributed by atoms with Crippen LogP contribution >= 0.6 is 0 Å².